The number of rotatable bonds is 6. The summed E-state index contributed by atoms with van der Waals surface area (Å²) in [5.74, 6) is 0.178. The quantitative estimate of drug-likeness (QED) is 0.336. The Hall–Kier alpha value is -1.21. The molecule has 5 heteroatoms. The Balaban J connectivity index is 2.38. The maximum atomic E-state index is 11.6. The molecule has 1 aliphatic rings. The van der Waals surface area contributed by atoms with Gasteiger partial charge in [0.1, 0.15) is 11.6 Å². The molecule has 0 aliphatic heterocycles. The summed E-state index contributed by atoms with van der Waals surface area (Å²) in [5, 5.41) is 14.8. The van der Waals surface area contributed by atoms with E-state index < -0.39 is 0 Å². The molecule has 0 unspecified atom stereocenters. The molecule has 0 aromatic heterocycles. The number of alkyl halides is 1. The maximum Gasteiger partial charge on any atom is 0.263 e. The Morgan fingerprint density at radius 3 is 2.72 bits per heavy atom. The van der Waals surface area contributed by atoms with E-state index in [2.05, 4.69) is 10.6 Å². The van der Waals surface area contributed by atoms with Crippen molar-refractivity contribution >= 4 is 17.5 Å². The summed E-state index contributed by atoms with van der Waals surface area (Å²) in [6.45, 7) is 0.505. The summed E-state index contributed by atoms with van der Waals surface area (Å²) in [4.78, 5) is 11.6. The van der Waals surface area contributed by atoms with Gasteiger partial charge in [-0.15, -0.1) is 11.6 Å². The minimum atomic E-state index is -0.328. The normalized spacial score (nSPS) is 17.0. The number of carbonyl (C=O) groups excluding carboxylic acids is 1. The third kappa shape index (κ3) is 5.42. The fourth-order valence-electron chi connectivity index (χ4n) is 1.98. The summed E-state index contributed by atoms with van der Waals surface area (Å²) >= 11 is 5.52. The van der Waals surface area contributed by atoms with E-state index in [9.17, 15) is 4.79 Å². The lowest BCUT2D eigenvalue weighted by molar-refractivity contribution is -0.117. The average Bonchev–Trinajstić information content (AvgIpc) is 2.41. The third-order valence-corrected chi connectivity index (χ3v) is 3.30. The SMILES string of the molecule is N#C/C(=C/NC1CCCCC1)C(=O)NCCCCl. The van der Waals surface area contributed by atoms with Crippen LogP contribution in [0.3, 0.4) is 0 Å². The molecule has 2 N–H and O–H groups in total. The topological polar surface area (TPSA) is 64.9 Å². The fourth-order valence-corrected chi connectivity index (χ4v) is 2.12. The van der Waals surface area contributed by atoms with Crippen LogP contribution in [0.15, 0.2) is 11.8 Å². The minimum absolute atomic E-state index is 0.134. The van der Waals surface area contributed by atoms with Crippen molar-refractivity contribution < 1.29 is 4.79 Å². The second kappa shape index (κ2) is 8.82. The van der Waals surface area contributed by atoms with E-state index in [1.807, 2.05) is 6.07 Å². The number of carbonyl (C=O) groups is 1. The first-order chi connectivity index (χ1) is 8.77. The average molecular weight is 270 g/mol. The highest BCUT2D eigenvalue weighted by Crippen LogP contribution is 2.17. The second-order valence-electron chi connectivity index (χ2n) is 4.47. The van der Waals surface area contributed by atoms with Gasteiger partial charge in [0.25, 0.3) is 5.91 Å². The van der Waals surface area contributed by atoms with Gasteiger partial charge in [0.15, 0.2) is 0 Å². The van der Waals surface area contributed by atoms with Gasteiger partial charge in [-0.25, -0.2) is 0 Å². The van der Waals surface area contributed by atoms with Gasteiger partial charge in [-0.2, -0.15) is 5.26 Å². The summed E-state index contributed by atoms with van der Waals surface area (Å²) in [6, 6.07) is 2.32. The van der Waals surface area contributed by atoms with E-state index in [0.29, 0.717) is 24.9 Å². The van der Waals surface area contributed by atoms with E-state index in [1.54, 1.807) is 6.20 Å². The van der Waals surface area contributed by atoms with Crippen LogP contribution in [-0.2, 0) is 4.79 Å². The van der Waals surface area contributed by atoms with Crippen molar-refractivity contribution in [3.8, 4) is 6.07 Å². The molecule has 0 spiro atoms. The van der Waals surface area contributed by atoms with Crippen LogP contribution < -0.4 is 10.6 Å². The maximum absolute atomic E-state index is 11.6. The summed E-state index contributed by atoms with van der Waals surface area (Å²) in [7, 11) is 0. The predicted molar refractivity (Wildman–Crippen MR) is 72.1 cm³/mol. The van der Waals surface area contributed by atoms with Crippen molar-refractivity contribution in [1.82, 2.24) is 10.6 Å². The predicted octanol–water partition coefficient (Wildman–Crippen LogP) is 2.06. The van der Waals surface area contributed by atoms with Crippen LogP contribution in [0.2, 0.25) is 0 Å². The molecule has 1 saturated carbocycles. The molecule has 0 radical (unpaired) electrons. The van der Waals surface area contributed by atoms with Gasteiger partial charge < -0.3 is 10.6 Å². The number of nitriles is 1. The molecule has 0 bridgehead atoms. The van der Waals surface area contributed by atoms with Crippen LogP contribution in [-0.4, -0.2) is 24.4 Å². The number of amides is 1. The Morgan fingerprint density at radius 1 is 1.39 bits per heavy atom. The van der Waals surface area contributed by atoms with Gasteiger partial charge in [0.2, 0.25) is 0 Å². The highest BCUT2D eigenvalue weighted by molar-refractivity contribution is 6.17. The molecule has 0 heterocycles. The summed E-state index contributed by atoms with van der Waals surface area (Å²) < 4.78 is 0. The lowest BCUT2D eigenvalue weighted by Gasteiger charge is -2.21. The molecule has 1 rings (SSSR count). The van der Waals surface area contributed by atoms with Crippen molar-refractivity contribution in [3.05, 3.63) is 11.8 Å². The standard InChI is InChI=1S/C13H20ClN3O/c14-7-4-8-16-13(18)11(9-15)10-17-12-5-2-1-3-6-12/h10,12,17H,1-8H2,(H,16,18)/b11-10-. The van der Waals surface area contributed by atoms with Gasteiger partial charge in [-0.3, -0.25) is 4.79 Å². The van der Waals surface area contributed by atoms with Crippen molar-refractivity contribution in [1.29, 1.82) is 5.26 Å². The van der Waals surface area contributed by atoms with Crippen molar-refractivity contribution in [2.24, 2.45) is 0 Å². The van der Waals surface area contributed by atoms with Crippen LogP contribution in [0, 0.1) is 11.3 Å². The molecule has 1 fully saturated rings. The number of hydrogen-bond acceptors (Lipinski definition) is 3. The molecule has 1 aliphatic carbocycles. The number of hydrogen-bond donors (Lipinski definition) is 2. The van der Waals surface area contributed by atoms with Crippen molar-refractivity contribution in [3.63, 3.8) is 0 Å². The fraction of sp³-hybridized carbons (Fsp3) is 0.692. The van der Waals surface area contributed by atoms with Crippen molar-refractivity contribution in [2.45, 2.75) is 44.6 Å². The van der Waals surface area contributed by atoms with Crippen molar-refractivity contribution in [2.75, 3.05) is 12.4 Å². The Morgan fingerprint density at radius 2 is 2.11 bits per heavy atom. The molecule has 0 aromatic rings. The van der Waals surface area contributed by atoms with Crippen LogP contribution in [0.25, 0.3) is 0 Å². The minimum Gasteiger partial charge on any atom is -0.387 e. The second-order valence-corrected chi connectivity index (χ2v) is 4.85. The molecule has 18 heavy (non-hydrogen) atoms. The van der Waals surface area contributed by atoms with Gasteiger partial charge in [0, 0.05) is 24.7 Å². The van der Waals surface area contributed by atoms with Gasteiger partial charge in [0.05, 0.1) is 0 Å². The number of nitrogens with one attached hydrogen (secondary N) is 2. The molecular formula is C13H20ClN3O. The zero-order chi connectivity index (χ0) is 13.2. The van der Waals surface area contributed by atoms with Gasteiger partial charge >= 0.3 is 0 Å². The Kier molecular flexibility index (Phi) is 7.28. The van der Waals surface area contributed by atoms with Crippen LogP contribution >= 0.6 is 11.6 Å². The Labute approximate surface area is 113 Å². The number of halogens is 1. The molecule has 0 atom stereocenters. The molecule has 100 valence electrons. The Bertz CT molecular complexity index is 330. The first-order valence-electron chi connectivity index (χ1n) is 6.48. The molecule has 1 amide bonds. The highest BCUT2D eigenvalue weighted by Gasteiger charge is 2.13. The van der Waals surface area contributed by atoms with E-state index in [4.69, 9.17) is 16.9 Å². The van der Waals surface area contributed by atoms with Crippen LogP contribution in [0.5, 0.6) is 0 Å². The summed E-state index contributed by atoms with van der Waals surface area (Å²) in [6.07, 6.45) is 8.21. The monoisotopic (exact) mass is 269 g/mol. The molecular weight excluding hydrogens is 250 g/mol. The van der Waals surface area contributed by atoms with Crippen LogP contribution in [0.4, 0.5) is 0 Å². The van der Waals surface area contributed by atoms with E-state index in [0.717, 1.165) is 12.8 Å². The van der Waals surface area contributed by atoms with Gasteiger partial charge in [-0.1, -0.05) is 19.3 Å². The van der Waals surface area contributed by atoms with E-state index in [-0.39, 0.29) is 11.5 Å². The molecule has 4 nitrogen and oxygen atoms in total. The van der Waals surface area contributed by atoms with Gasteiger partial charge in [-0.05, 0) is 19.3 Å². The van der Waals surface area contributed by atoms with Crippen LogP contribution in [0.1, 0.15) is 38.5 Å². The lowest BCUT2D eigenvalue weighted by atomic mass is 9.96. The summed E-state index contributed by atoms with van der Waals surface area (Å²) in [5.41, 5.74) is 0.134. The number of nitrogens with zero attached hydrogens (tertiary/aromatic N) is 1. The smallest absolute Gasteiger partial charge is 0.263 e. The third-order valence-electron chi connectivity index (χ3n) is 3.03. The van der Waals surface area contributed by atoms with E-state index in [1.165, 1.54) is 19.3 Å². The van der Waals surface area contributed by atoms with E-state index >= 15 is 0 Å². The largest absolute Gasteiger partial charge is 0.387 e. The zero-order valence-electron chi connectivity index (χ0n) is 10.5. The molecule has 0 aromatic carbocycles. The lowest BCUT2D eigenvalue weighted by Crippen LogP contribution is -2.30. The first kappa shape index (κ1) is 14.8. The highest BCUT2D eigenvalue weighted by atomic mass is 35.5. The zero-order valence-corrected chi connectivity index (χ0v) is 11.3. The first-order valence-corrected chi connectivity index (χ1v) is 7.02. The molecule has 0 saturated heterocycles.